The van der Waals surface area contributed by atoms with Gasteiger partial charge < -0.3 is 5.73 Å². The second-order valence-electron chi connectivity index (χ2n) is 2.43. The molecule has 0 aliphatic carbocycles. The molecular formula is C9H10N2O. The first kappa shape index (κ1) is 8.65. The second-order valence-corrected chi connectivity index (χ2v) is 2.43. The number of benzene rings is 1. The third kappa shape index (κ3) is 2.31. The minimum atomic E-state index is 0.386. The van der Waals surface area contributed by atoms with Crippen LogP contribution in [0.25, 0.3) is 0 Å². The molecule has 0 aromatic heterocycles. The van der Waals surface area contributed by atoms with Gasteiger partial charge in [0.1, 0.15) is 0 Å². The van der Waals surface area contributed by atoms with Crippen LogP contribution in [-0.2, 0) is 17.9 Å². The van der Waals surface area contributed by atoms with E-state index >= 15 is 0 Å². The molecule has 3 nitrogen and oxygen atoms in total. The third-order valence-corrected chi connectivity index (χ3v) is 1.55. The van der Waals surface area contributed by atoms with E-state index in [2.05, 4.69) is 4.99 Å². The Morgan fingerprint density at radius 3 is 2.83 bits per heavy atom. The third-order valence-electron chi connectivity index (χ3n) is 1.55. The first-order valence-electron chi connectivity index (χ1n) is 3.68. The maximum absolute atomic E-state index is 9.82. The lowest BCUT2D eigenvalue weighted by atomic mass is 10.1. The quantitative estimate of drug-likeness (QED) is 0.532. The van der Waals surface area contributed by atoms with E-state index in [4.69, 9.17) is 5.73 Å². The zero-order chi connectivity index (χ0) is 8.81. The molecule has 0 aliphatic heterocycles. The first-order chi connectivity index (χ1) is 5.86. The van der Waals surface area contributed by atoms with Crippen LogP contribution in [0, 0.1) is 0 Å². The zero-order valence-electron chi connectivity index (χ0n) is 6.66. The topological polar surface area (TPSA) is 55.4 Å². The smallest absolute Gasteiger partial charge is 0.235 e. The lowest BCUT2D eigenvalue weighted by Gasteiger charge is -1.98. The second kappa shape index (κ2) is 4.44. The number of hydrogen-bond donors (Lipinski definition) is 1. The molecule has 0 unspecified atom stereocenters. The molecule has 12 heavy (non-hydrogen) atoms. The van der Waals surface area contributed by atoms with E-state index < -0.39 is 0 Å². The Morgan fingerprint density at radius 1 is 1.42 bits per heavy atom. The van der Waals surface area contributed by atoms with Crippen LogP contribution in [0.5, 0.6) is 0 Å². The van der Waals surface area contributed by atoms with Gasteiger partial charge in [-0.1, -0.05) is 24.3 Å². The lowest BCUT2D eigenvalue weighted by Crippen LogP contribution is -1.96. The molecule has 62 valence electrons. The van der Waals surface area contributed by atoms with Crippen molar-refractivity contribution in [3.05, 3.63) is 35.4 Å². The van der Waals surface area contributed by atoms with Gasteiger partial charge in [-0.3, -0.25) is 0 Å². The molecule has 0 radical (unpaired) electrons. The van der Waals surface area contributed by atoms with Gasteiger partial charge in [0.2, 0.25) is 6.08 Å². The Hall–Kier alpha value is -1.44. The fraction of sp³-hybridized carbons (Fsp3) is 0.222. The largest absolute Gasteiger partial charge is 0.326 e. The highest BCUT2D eigenvalue weighted by Gasteiger charge is 1.92. The van der Waals surface area contributed by atoms with E-state index in [1.807, 2.05) is 24.3 Å². The Balaban J connectivity index is 2.78. The van der Waals surface area contributed by atoms with Gasteiger partial charge in [-0.25, -0.2) is 9.79 Å². The van der Waals surface area contributed by atoms with Gasteiger partial charge in [0.05, 0.1) is 6.54 Å². The number of nitrogens with zero attached hydrogens (tertiary/aromatic N) is 1. The van der Waals surface area contributed by atoms with Crippen molar-refractivity contribution in [1.29, 1.82) is 0 Å². The van der Waals surface area contributed by atoms with Crippen molar-refractivity contribution in [2.45, 2.75) is 13.1 Å². The fourth-order valence-corrected chi connectivity index (χ4v) is 0.979. The lowest BCUT2D eigenvalue weighted by molar-refractivity contribution is 0.563. The number of isocyanates is 1. The van der Waals surface area contributed by atoms with Gasteiger partial charge in [0.15, 0.2) is 0 Å². The summed E-state index contributed by atoms with van der Waals surface area (Å²) in [5.41, 5.74) is 7.48. The van der Waals surface area contributed by atoms with Crippen LogP contribution in [0.4, 0.5) is 0 Å². The van der Waals surface area contributed by atoms with Crippen LogP contribution >= 0.6 is 0 Å². The van der Waals surface area contributed by atoms with Gasteiger partial charge >= 0.3 is 0 Å². The summed E-state index contributed by atoms with van der Waals surface area (Å²) in [6.45, 7) is 0.899. The van der Waals surface area contributed by atoms with Crippen molar-refractivity contribution in [2.75, 3.05) is 0 Å². The molecule has 0 spiro atoms. The average Bonchev–Trinajstić information content (AvgIpc) is 2.15. The van der Waals surface area contributed by atoms with Gasteiger partial charge in [0, 0.05) is 6.54 Å². The normalized spacial score (nSPS) is 9.08. The van der Waals surface area contributed by atoms with Gasteiger partial charge in [-0.05, 0) is 11.1 Å². The minimum Gasteiger partial charge on any atom is -0.326 e. The molecular weight excluding hydrogens is 152 g/mol. The monoisotopic (exact) mass is 162 g/mol. The first-order valence-corrected chi connectivity index (χ1v) is 3.68. The van der Waals surface area contributed by atoms with E-state index in [0.29, 0.717) is 13.1 Å². The molecule has 1 rings (SSSR count). The molecule has 0 amide bonds. The van der Waals surface area contributed by atoms with Crippen LogP contribution in [-0.4, -0.2) is 6.08 Å². The molecule has 1 aromatic carbocycles. The summed E-state index contributed by atoms with van der Waals surface area (Å²) in [4.78, 5) is 13.3. The summed E-state index contributed by atoms with van der Waals surface area (Å²) < 4.78 is 0. The highest BCUT2D eigenvalue weighted by Crippen LogP contribution is 2.05. The predicted octanol–water partition coefficient (Wildman–Crippen LogP) is 0.981. The van der Waals surface area contributed by atoms with Crippen molar-refractivity contribution in [1.82, 2.24) is 0 Å². The predicted molar refractivity (Wildman–Crippen MR) is 46.2 cm³/mol. The highest BCUT2D eigenvalue weighted by atomic mass is 16.1. The molecule has 0 saturated carbocycles. The standard InChI is InChI=1S/C9H10N2O/c10-5-8-2-1-3-9(4-8)6-11-7-12/h1-4H,5-6,10H2. The molecule has 0 aliphatic rings. The molecule has 3 heteroatoms. The summed E-state index contributed by atoms with van der Waals surface area (Å²) in [5, 5.41) is 0. The van der Waals surface area contributed by atoms with Crippen molar-refractivity contribution in [2.24, 2.45) is 10.7 Å². The van der Waals surface area contributed by atoms with E-state index in [0.717, 1.165) is 11.1 Å². The van der Waals surface area contributed by atoms with Crippen molar-refractivity contribution < 1.29 is 4.79 Å². The Bertz CT molecular complexity index is 303. The number of hydrogen-bond acceptors (Lipinski definition) is 3. The minimum absolute atomic E-state index is 0.386. The summed E-state index contributed by atoms with van der Waals surface area (Å²) in [6, 6.07) is 7.67. The summed E-state index contributed by atoms with van der Waals surface area (Å²) in [6.07, 6.45) is 1.50. The SMILES string of the molecule is NCc1cccc(CN=C=O)c1. The Labute approximate surface area is 70.9 Å². The zero-order valence-corrected chi connectivity index (χ0v) is 6.66. The van der Waals surface area contributed by atoms with Crippen molar-refractivity contribution in [3.8, 4) is 0 Å². The maximum Gasteiger partial charge on any atom is 0.235 e. The molecule has 0 saturated heterocycles. The van der Waals surface area contributed by atoms with Gasteiger partial charge in [-0.2, -0.15) is 0 Å². The average molecular weight is 162 g/mol. The molecule has 0 bridgehead atoms. The van der Waals surface area contributed by atoms with E-state index in [-0.39, 0.29) is 0 Å². The van der Waals surface area contributed by atoms with Crippen molar-refractivity contribution in [3.63, 3.8) is 0 Å². The number of aliphatic imine (C=N–C) groups is 1. The van der Waals surface area contributed by atoms with Crippen LogP contribution in [0.1, 0.15) is 11.1 Å². The van der Waals surface area contributed by atoms with Crippen LogP contribution in [0.2, 0.25) is 0 Å². The maximum atomic E-state index is 9.82. The Morgan fingerprint density at radius 2 is 2.17 bits per heavy atom. The fourth-order valence-electron chi connectivity index (χ4n) is 0.979. The molecule has 0 fully saturated rings. The number of nitrogens with two attached hydrogens (primary N) is 1. The summed E-state index contributed by atoms with van der Waals surface area (Å²) in [5.74, 6) is 0. The van der Waals surface area contributed by atoms with Crippen LogP contribution in [0.3, 0.4) is 0 Å². The van der Waals surface area contributed by atoms with E-state index in [1.54, 1.807) is 0 Å². The Kier molecular flexibility index (Phi) is 3.20. The summed E-state index contributed by atoms with van der Waals surface area (Å²) >= 11 is 0. The summed E-state index contributed by atoms with van der Waals surface area (Å²) in [7, 11) is 0. The highest BCUT2D eigenvalue weighted by molar-refractivity contribution is 5.34. The van der Waals surface area contributed by atoms with Crippen molar-refractivity contribution >= 4 is 6.08 Å². The number of carbonyl (C=O) groups excluding carboxylic acids is 1. The molecule has 2 N–H and O–H groups in total. The van der Waals surface area contributed by atoms with E-state index in [9.17, 15) is 4.79 Å². The van der Waals surface area contributed by atoms with Crippen LogP contribution < -0.4 is 5.73 Å². The molecule has 1 aromatic rings. The molecule has 0 atom stereocenters. The van der Waals surface area contributed by atoms with Crippen LogP contribution in [0.15, 0.2) is 29.3 Å². The van der Waals surface area contributed by atoms with Gasteiger partial charge in [-0.15, -0.1) is 0 Å². The molecule has 0 heterocycles. The van der Waals surface area contributed by atoms with Gasteiger partial charge in [0.25, 0.3) is 0 Å². The van der Waals surface area contributed by atoms with E-state index in [1.165, 1.54) is 6.08 Å². The number of rotatable bonds is 3.